The molecule has 21 heavy (non-hydrogen) atoms. The molecule has 1 aromatic heterocycles. The van der Waals surface area contributed by atoms with Gasteiger partial charge in [0.05, 0.1) is 6.04 Å². The Morgan fingerprint density at radius 2 is 1.71 bits per heavy atom. The van der Waals surface area contributed by atoms with Gasteiger partial charge in [-0.05, 0) is 57.4 Å². The van der Waals surface area contributed by atoms with Crippen molar-refractivity contribution in [2.24, 2.45) is 0 Å². The lowest BCUT2D eigenvalue weighted by atomic mass is 9.94. The van der Waals surface area contributed by atoms with Crippen LogP contribution in [0.1, 0.15) is 59.6 Å². The van der Waals surface area contributed by atoms with Gasteiger partial charge < -0.3 is 9.73 Å². The minimum absolute atomic E-state index is 0.197. The van der Waals surface area contributed by atoms with Gasteiger partial charge in [0, 0.05) is 5.56 Å². The Morgan fingerprint density at radius 3 is 2.19 bits per heavy atom. The SMILES string of the molecule is CCCCc1ccc(C(NC)c2c(C)oc(C)c2C)cc1. The highest BCUT2D eigenvalue weighted by Gasteiger charge is 2.21. The van der Waals surface area contributed by atoms with E-state index >= 15 is 0 Å². The fourth-order valence-corrected chi connectivity index (χ4v) is 2.97. The van der Waals surface area contributed by atoms with Crippen molar-refractivity contribution in [2.75, 3.05) is 7.05 Å². The molecule has 1 atom stereocenters. The lowest BCUT2D eigenvalue weighted by Gasteiger charge is -2.18. The molecule has 114 valence electrons. The molecule has 0 bridgehead atoms. The maximum absolute atomic E-state index is 5.79. The zero-order chi connectivity index (χ0) is 15.4. The molecule has 0 saturated heterocycles. The lowest BCUT2D eigenvalue weighted by molar-refractivity contribution is 0.495. The van der Waals surface area contributed by atoms with Crippen LogP contribution in [0.5, 0.6) is 0 Å². The van der Waals surface area contributed by atoms with E-state index in [1.807, 2.05) is 14.0 Å². The zero-order valence-corrected chi connectivity index (χ0v) is 13.9. The first-order valence-corrected chi connectivity index (χ1v) is 7.91. The molecular weight excluding hydrogens is 258 g/mol. The van der Waals surface area contributed by atoms with E-state index in [-0.39, 0.29) is 6.04 Å². The zero-order valence-electron chi connectivity index (χ0n) is 13.9. The lowest BCUT2D eigenvalue weighted by Crippen LogP contribution is -2.18. The van der Waals surface area contributed by atoms with Crippen LogP contribution in [0.3, 0.4) is 0 Å². The Hall–Kier alpha value is -1.54. The van der Waals surface area contributed by atoms with Crippen molar-refractivity contribution in [1.29, 1.82) is 0 Å². The van der Waals surface area contributed by atoms with Crippen molar-refractivity contribution in [2.45, 2.75) is 53.0 Å². The Balaban J connectivity index is 2.29. The molecule has 2 nitrogen and oxygen atoms in total. The van der Waals surface area contributed by atoms with Gasteiger partial charge in [0.1, 0.15) is 11.5 Å². The fraction of sp³-hybridized carbons (Fsp3) is 0.474. The van der Waals surface area contributed by atoms with Gasteiger partial charge in [0.15, 0.2) is 0 Å². The van der Waals surface area contributed by atoms with Crippen molar-refractivity contribution < 1.29 is 4.42 Å². The van der Waals surface area contributed by atoms with Crippen LogP contribution in [0.25, 0.3) is 0 Å². The first kappa shape index (κ1) is 15.8. The molecule has 2 aromatic rings. The third-order valence-electron chi connectivity index (χ3n) is 4.33. The number of benzene rings is 1. The number of aryl methyl sites for hydroxylation is 3. The summed E-state index contributed by atoms with van der Waals surface area (Å²) in [4.78, 5) is 0. The summed E-state index contributed by atoms with van der Waals surface area (Å²) < 4.78 is 5.79. The third kappa shape index (κ3) is 3.38. The molecule has 1 aromatic carbocycles. The average Bonchev–Trinajstić information content (AvgIpc) is 2.74. The van der Waals surface area contributed by atoms with Gasteiger partial charge >= 0.3 is 0 Å². The van der Waals surface area contributed by atoms with Crippen LogP contribution < -0.4 is 5.32 Å². The Labute approximate surface area is 128 Å². The smallest absolute Gasteiger partial charge is 0.106 e. The quantitative estimate of drug-likeness (QED) is 0.820. The third-order valence-corrected chi connectivity index (χ3v) is 4.33. The molecule has 0 amide bonds. The molecule has 2 heteroatoms. The highest BCUT2D eigenvalue weighted by Crippen LogP contribution is 2.31. The molecule has 2 rings (SSSR count). The van der Waals surface area contributed by atoms with Gasteiger partial charge in [-0.15, -0.1) is 0 Å². The van der Waals surface area contributed by atoms with Gasteiger partial charge in [-0.25, -0.2) is 0 Å². The van der Waals surface area contributed by atoms with Crippen LogP contribution in [0.4, 0.5) is 0 Å². The van der Waals surface area contributed by atoms with E-state index < -0.39 is 0 Å². The first-order valence-electron chi connectivity index (χ1n) is 7.91. The molecular formula is C19H27NO. The van der Waals surface area contributed by atoms with Crippen LogP contribution in [0.15, 0.2) is 28.7 Å². The van der Waals surface area contributed by atoms with Gasteiger partial charge in [-0.3, -0.25) is 0 Å². The second-order valence-corrected chi connectivity index (χ2v) is 5.82. The predicted octanol–water partition coefficient (Wildman–Crippen LogP) is 4.86. The van der Waals surface area contributed by atoms with Crippen LogP contribution in [0, 0.1) is 20.8 Å². The van der Waals surface area contributed by atoms with Crippen molar-refractivity contribution in [3.8, 4) is 0 Å². The maximum Gasteiger partial charge on any atom is 0.106 e. The molecule has 0 aliphatic rings. The van der Waals surface area contributed by atoms with Gasteiger partial charge in [0.25, 0.3) is 0 Å². The summed E-state index contributed by atoms with van der Waals surface area (Å²) in [6, 6.07) is 9.20. The minimum Gasteiger partial charge on any atom is -0.466 e. The van der Waals surface area contributed by atoms with E-state index in [4.69, 9.17) is 4.42 Å². The first-order chi connectivity index (χ1) is 10.1. The minimum atomic E-state index is 0.197. The van der Waals surface area contributed by atoms with Crippen molar-refractivity contribution in [1.82, 2.24) is 5.32 Å². The van der Waals surface area contributed by atoms with Crippen LogP contribution in [-0.4, -0.2) is 7.05 Å². The summed E-state index contributed by atoms with van der Waals surface area (Å²) in [7, 11) is 2.01. The summed E-state index contributed by atoms with van der Waals surface area (Å²) in [6.07, 6.45) is 3.67. The second-order valence-electron chi connectivity index (χ2n) is 5.82. The van der Waals surface area contributed by atoms with E-state index in [1.165, 1.54) is 41.5 Å². The molecule has 1 heterocycles. The van der Waals surface area contributed by atoms with E-state index in [9.17, 15) is 0 Å². The van der Waals surface area contributed by atoms with E-state index in [0.717, 1.165) is 11.5 Å². The van der Waals surface area contributed by atoms with Crippen LogP contribution in [-0.2, 0) is 6.42 Å². The van der Waals surface area contributed by atoms with Crippen molar-refractivity contribution in [3.05, 3.63) is 58.0 Å². The largest absolute Gasteiger partial charge is 0.466 e. The van der Waals surface area contributed by atoms with Crippen LogP contribution >= 0.6 is 0 Å². The molecule has 0 radical (unpaired) electrons. The number of unbranched alkanes of at least 4 members (excludes halogenated alkanes) is 1. The highest BCUT2D eigenvalue weighted by molar-refractivity contribution is 5.41. The summed E-state index contributed by atoms with van der Waals surface area (Å²) in [5.74, 6) is 2.03. The standard InChI is InChI=1S/C19H27NO/c1-6-7-8-16-9-11-17(12-10-16)19(20-5)18-13(2)14(3)21-15(18)4/h9-12,19-20H,6-8H2,1-5H3. The summed E-state index contributed by atoms with van der Waals surface area (Å²) >= 11 is 0. The molecule has 0 saturated carbocycles. The predicted molar refractivity (Wildman–Crippen MR) is 88.9 cm³/mol. The molecule has 0 fully saturated rings. The second kappa shape index (κ2) is 6.95. The maximum atomic E-state index is 5.79. The van der Waals surface area contributed by atoms with Crippen LogP contribution in [0.2, 0.25) is 0 Å². The molecule has 0 spiro atoms. The number of hydrogen-bond donors (Lipinski definition) is 1. The van der Waals surface area contributed by atoms with Crippen molar-refractivity contribution >= 4 is 0 Å². The molecule has 0 aliphatic carbocycles. The van der Waals surface area contributed by atoms with Gasteiger partial charge in [0.2, 0.25) is 0 Å². The summed E-state index contributed by atoms with van der Waals surface area (Å²) in [5.41, 5.74) is 5.25. The monoisotopic (exact) mass is 285 g/mol. The van der Waals surface area contributed by atoms with Gasteiger partial charge in [-0.2, -0.15) is 0 Å². The normalized spacial score (nSPS) is 12.6. The number of nitrogens with one attached hydrogen (secondary N) is 1. The number of furan rings is 1. The average molecular weight is 285 g/mol. The Morgan fingerprint density at radius 1 is 1.05 bits per heavy atom. The number of hydrogen-bond acceptors (Lipinski definition) is 2. The van der Waals surface area contributed by atoms with E-state index in [0.29, 0.717) is 0 Å². The Bertz CT molecular complexity index is 580. The fourth-order valence-electron chi connectivity index (χ4n) is 2.97. The Kier molecular flexibility index (Phi) is 5.24. The van der Waals surface area contributed by atoms with Gasteiger partial charge in [-0.1, -0.05) is 37.6 Å². The summed E-state index contributed by atoms with van der Waals surface area (Å²) in [5, 5.41) is 3.43. The highest BCUT2D eigenvalue weighted by atomic mass is 16.3. The summed E-state index contributed by atoms with van der Waals surface area (Å²) in [6.45, 7) is 8.46. The molecule has 0 aliphatic heterocycles. The molecule has 1 unspecified atom stereocenters. The van der Waals surface area contributed by atoms with E-state index in [2.05, 4.69) is 50.4 Å². The van der Waals surface area contributed by atoms with Crippen molar-refractivity contribution in [3.63, 3.8) is 0 Å². The van der Waals surface area contributed by atoms with E-state index in [1.54, 1.807) is 0 Å². The number of rotatable bonds is 6. The molecule has 1 N–H and O–H groups in total. The topological polar surface area (TPSA) is 25.2 Å².